The Labute approximate surface area is 118 Å². The molecule has 2 unspecified atom stereocenters. The standard InChI is InChI=1S/C18H30O/c1-5-12-10-13(6-7-16(12)19)15-11-14-8-9-18(15,4)17(14,2)3/h12-15H,5-11H2,1-4H3/t12?,13?,14-,15+,18+/m0/s1. The Bertz CT molecular complexity index is 383. The van der Waals surface area contributed by atoms with Crippen molar-refractivity contribution >= 4 is 5.78 Å². The first-order valence-electron chi connectivity index (χ1n) is 8.43. The number of carbonyl (C=O) groups is 1. The van der Waals surface area contributed by atoms with Gasteiger partial charge >= 0.3 is 0 Å². The van der Waals surface area contributed by atoms with Gasteiger partial charge in [0.1, 0.15) is 5.78 Å². The van der Waals surface area contributed by atoms with Gasteiger partial charge in [-0.15, -0.1) is 0 Å². The molecule has 3 saturated carbocycles. The third-order valence-electron chi connectivity index (χ3n) is 7.73. The van der Waals surface area contributed by atoms with Crippen LogP contribution in [0, 0.1) is 34.5 Å². The fraction of sp³-hybridized carbons (Fsp3) is 0.944. The summed E-state index contributed by atoms with van der Waals surface area (Å²) in [4.78, 5) is 12.0. The molecule has 0 spiro atoms. The molecule has 0 amide bonds. The lowest BCUT2D eigenvalue weighted by atomic mass is 9.60. The molecule has 0 N–H and O–H groups in total. The van der Waals surface area contributed by atoms with Crippen LogP contribution < -0.4 is 0 Å². The van der Waals surface area contributed by atoms with Crippen molar-refractivity contribution in [3.8, 4) is 0 Å². The second-order valence-corrected chi connectivity index (χ2v) is 8.32. The maximum Gasteiger partial charge on any atom is 0.135 e. The molecule has 0 aromatic heterocycles. The fourth-order valence-electron chi connectivity index (χ4n) is 5.88. The molecule has 19 heavy (non-hydrogen) atoms. The minimum absolute atomic E-state index is 0.379. The van der Waals surface area contributed by atoms with Gasteiger partial charge in [-0.3, -0.25) is 4.79 Å². The van der Waals surface area contributed by atoms with E-state index in [2.05, 4.69) is 27.7 Å². The zero-order valence-corrected chi connectivity index (χ0v) is 13.2. The summed E-state index contributed by atoms with van der Waals surface area (Å²) in [5.41, 5.74) is 1.07. The van der Waals surface area contributed by atoms with E-state index in [1.807, 2.05) is 0 Å². The Morgan fingerprint density at radius 1 is 1.16 bits per heavy atom. The monoisotopic (exact) mass is 262 g/mol. The van der Waals surface area contributed by atoms with Crippen molar-refractivity contribution in [1.29, 1.82) is 0 Å². The van der Waals surface area contributed by atoms with E-state index in [1.54, 1.807) is 0 Å². The van der Waals surface area contributed by atoms with E-state index >= 15 is 0 Å². The average Bonchev–Trinajstić information content (AvgIpc) is 2.72. The molecule has 0 aromatic carbocycles. The molecular weight excluding hydrogens is 232 g/mol. The van der Waals surface area contributed by atoms with E-state index in [1.165, 1.54) is 32.1 Å². The Morgan fingerprint density at radius 3 is 2.42 bits per heavy atom. The summed E-state index contributed by atoms with van der Waals surface area (Å²) in [5, 5.41) is 0. The maximum atomic E-state index is 12.0. The number of hydrogen-bond donors (Lipinski definition) is 0. The molecule has 0 heterocycles. The van der Waals surface area contributed by atoms with Crippen molar-refractivity contribution < 1.29 is 4.79 Å². The first-order chi connectivity index (χ1) is 8.90. The normalized spacial score (nSPS) is 48.7. The summed E-state index contributed by atoms with van der Waals surface area (Å²) in [6.45, 7) is 9.77. The first-order valence-corrected chi connectivity index (χ1v) is 8.43. The molecule has 0 radical (unpaired) electrons. The summed E-state index contributed by atoms with van der Waals surface area (Å²) < 4.78 is 0. The minimum Gasteiger partial charge on any atom is -0.299 e. The first kappa shape index (κ1) is 13.6. The van der Waals surface area contributed by atoms with Gasteiger partial charge in [0, 0.05) is 12.3 Å². The van der Waals surface area contributed by atoms with Gasteiger partial charge < -0.3 is 0 Å². The molecule has 3 rings (SSSR count). The van der Waals surface area contributed by atoms with Crippen LogP contribution in [-0.4, -0.2) is 5.78 Å². The molecule has 1 nitrogen and oxygen atoms in total. The third-order valence-corrected chi connectivity index (χ3v) is 7.73. The van der Waals surface area contributed by atoms with E-state index in [4.69, 9.17) is 0 Å². The predicted molar refractivity (Wildman–Crippen MR) is 78.8 cm³/mol. The van der Waals surface area contributed by atoms with E-state index in [9.17, 15) is 4.79 Å². The van der Waals surface area contributed by atoms with Crippen molar-refractivity contribution in [2.45, 2.75) is 72.6 Å². The minimum atomic E-state index is 0.379. The van der Waals surface area contributed by atoms with Gasteiger partial charge in [0.2, 0.25) is 0 Å². The molecular formula is C18H30O. The van der Waals surface area contributed by atoms with Crippen molar-refractivity contribution in [3.63, 3.8) is 0 Å². The molecule has 0 aliphatic heterocycles. The van der Waals surface area contributed by atoms with Crippen LogP contribution in [0.5, 0.6) is 0 Å². The summed E-state index contributed by atoms with van der Waals surface area (Å²) in [7, 11) is 0. The van der Waals surface area contributed by atoms with Crippen LogP contribution >= 0.6 is 0 Å². The highest BCUT2D eigenvalue weighted by Gasteiger charge is 2.62. The topological polar surface area (TPSA) is 17.1 Å². The van der Waals surface area contributed by atoms with Crippen LogP contribution in [0.15, 0.2) is 0 Å². The average molecular weight is 262 g/mol. The van der Waals surface area contributed by atoms with Crippen LogP contribution in [0.2, 0.25) is 0 Å². The highest BCUT2D eigenvalue weighted by Crippen LogP contribution is 2.70. The van der Waals surface area contributed by atoms with Gasteiger partial charge in [-0.25, -0.2) is 0 Å². The second kappa shape index (κ2) is 4.33. The summed E-state index contributed by atoms with van der Waals surface area (Å²) >= 11 is 0. The van der Waals surface area contributed by atoms with Crippen molar-refractivity contribution in [2.24, 2.45) is 34.5 Å². The van der Waals surface area contributed by atoms with Gasteiger partial charge in [0.05, 0.1) is 0 Å². The van der Waals surface area contributed by atoms with E-state index in [0.717, 1.165) is 30.6 Å². The number of carbonyl (C=O) groups excluding carboxylic acids is 1. The molecule has 3 aliphatic rings. The van der Waals surface area contributed by atoms with E-state index < -0.39 is 0 Å². The quantitative estimate of drug-likeness (QED) is 0.695. The summed E-state index contributed by atoms with van der Waals surface area (Å²) in [5.74, 6) is 3.59. The lowest BCUT2D eigenvalue weighted by Crippen LogP contribution is -2.39. The van der Waals surface area contributed by atoms with Crippen molar-refractivity contribution in [3.05, 3.63) is 0 Å². The van der Waals surface area contributed by atoms with Gasteiger partial charge in [-0.05, 0) is 67.1 Å². The molecule has 0 saturated heterocycles. The Hall–Kier alpha value is -0.330. The predicted octanol–water partition coefficient (Wildman–Crippen LogP) is 4.84. The molecule has 3 aliphatic carbocycles. The number of Topliss-reactive ketones (excluding diaryl/α,β-unsaturated/α-hetero) is 1. The third kappa shape index (κ3) is 1.76. The van der Waals surface area contributed by atoms with E-state index in [0.29, 0.717) is 22.5 Å². The van der Waals surface area contributed by atoms with Crippen molar-refractivity contribution in [2.75, 3.05) is 0 Å². The summed E-state index contributed by atoms with van der Waals surface area (Å²) in [6, 6.07) is 0. The highest BCUT2D eigenvalue weighted by atomic mass is 16.1. The van der Waals surface area contributed by atoms with Gasteiger partial charge in [-0.2, -0.15) is 0 Å². The lowest BCUT2D eigenvalue weighted by Gasteiger charge is -2.45. The lowest BCUT2D eigenvalue weighted by molar-refractivity contribution is -0.126. The van der Waals surface area contributed by atoms with Crippen molar-refractivity contribution in [1.82, 2.24) is 0 Å². The highest BCUT2D eigenvalue weighted by molar-refractivity contribution is 5.81. The Morgan fingerprint density at radius 2 is 1.89 bits per heavy atom. The molecule has 3 fully saturated rings. The van der Waals surface area contributed by atoms with Crippen LogP contribution in [0.25, 0.3) is 0 Å². The van der Waals surface area contributed by atoms with Crippen LogP contribution in [0.4, 0.5) is 0 Å². The van der Waals surface area contributed by atoms with Gasteiger partial charge in [0.25, 0.3) is 0 Å². The molecule has 108 valence electrons. The number of ketones is 1. The molecule has 2 bridgehead atoms. The largest absolute Gasteiger partial charge is 0.299 e. The number of rotatable bonds is 2. The Balaban J connectivity index is 1.79. The zero-order valence-electron chi connectivity index (χ0n) is 13.2. The van der Waals surface area contributed by atoms with Crippen LogP contribution in [-0.2, 0) is 4.79 Å². The van der Waals surface area contributed by atoms with Gasteiger partial charge in [0.15, 0.2) is 0 Å². The van der Waals surface area contributed by atoms with Crippen LogP contribution in [0.3, 0.4) is 0 Å². The summed E-state index contributed by atoms with van der Waals surface area (Å²) in [6.07, 6.45) is 8.61. The number of fused-ring (bicyclic) bond motifs is 2. The van der Waals surface area contributed by atoms with Crippen LogP contribution in [0.1, 0.15) is 72.6 Å². The molecule has 5 atom stereocenters. The molecule has 0 aromatic rings. The maximum absolute atomic E-state index is 12.0. The second-order valence-electron chi connectivity index (χ2n) is 8.32. The Kier molecular flexibility index (Phi) is 3.11. The SMILES string of the molecule is CCC1CC([C@H]2C[C@@H]3CC[C@@]2(C)C3(C)C)CCC1=O. The van der Waals surface area contributed by atoms with E-state index in [-0.39, 0.29) is 0 Å². The fourth-order valence-corrected chi connectivity index (χ4v) is 5.88. The number of hydrogen-bond acceptors (Lipinski definition) is 1. The zero-order chi connectivity index (χ0) is 13.8. The smallest absolute Gasteiger partial charge is 0.135 e. The molecule has 1 heteroatoms. The van der Waals surface area contributed by atoms with Gasteiger partial charge in [-0.1, -0.05) is 27.7 Å².